The lowest BCUT2D eigenvalue weighted by Gasteiger charge is -2.37. The third-order valence-electron chi connectivity index (χ3n) is 9.13. The summed E-state index contributed by atoms with van der Waals surface area (Å²) in [6.45, 7) is 6.11. The molecule has 2 amide bonds. The molecular formula is C36H37FN8O3. The Hall–Kier alpha value is -5.20. The summed E-state index contributed by atoms with van der Waals surface area (Å²) in [6.07, 6.45) is 3.95. The maximum atomic E-state index is 13.8. The fraction of sp³-hybridized carbons (Fsp3) is 0.306. The molecule has 7 rings (SSSR count). The van der Waals surface area contributed by atoms with Crippen LogP contribution in [-0.2, 0) is 14.3 Å². The molecule has 11 nitrogen and oxygen atoms in total. The number of halogens is 1. The van der Waals surface area contributed by atoms with E-state index in [2.05, 4.69) is 42.5 Å². The zero-order valence-corrected chi connectivity index (χ0v) is 26.7. The van der Waals surface area contributed by atoms with E-state index in [1.165, 1.54) is 12.1 Å². The molecule has 48 heavy (non-hydrogen) atoms. The zero-order chi connectivity index (χ0) is 33.1. The van der Waals surface area contributed by atoms with Gasteiger partial charge in [-0.05, 0) is 86.1 Å². The van der Waals surface area contributed by atoms with Gasteiger partial charge in [0.1, 0.15) is 5.82 Å². The minimum Gasteiger partial charge on any atom is -0.368 e. The van der Waals surface area contributed by atoms with Crippen LogP contribution in [0.4, 0.5) is 15.8 Å². The number of anilines is 2. The molecule has 2 N–H and O–H groups in total. The fourth-order valence-corrected chi connectivity index (χ4v) is 6.58. The maximum absolute atomic E-state index is 13.8. The Morgan fingerprint density at radius 3 is 2.40 bits per heavy atom. The summed E-state index contributed by atoms with van der Waals surface area (Å²) in [5, 5.41) is 11.3. The molecule has 0 bridgehead atoms. The van der Waals surface area contributed by atoms with Gasteiger partial charge in [0.05, 0.1) is 17.8 Å². The molecule has 2 saturated heterocycles. The maximum Gasteiger partial charge on any atom is 0.258 e. The van der Waals surface area contributed by atoms with Crippen molar-refractivity contribution >= 4 is 34.1 Å². The number of nitrogens with zero attached hydrogens (tertiary/aromatic N) is 6. The summed E-state index contributed by atoms with van der Waals surface area (Å²) in [5.41, 5.74) is 3.83. The van der Waals surface area contributed by atoms with Crippen LogP contribution in [0.1, 0.15) is 13.3 Å². The van der Waals surface area contributed by atoms with Crippen LogP contribution in [0, 0.1) is 5.82 Å². The van der Waals surface area contributed by atoms with E-state index < -0.39 is 5.60 Å². The van der Waals surface area contributed by atoms with Gasteiger partial charge in [0.2, 0.25) is 5.91 Å². The number of fused-ring (bicyclic) bond motifs is 1. The second kappa shape index (κ2) is 13.5. The second-order valence-corrected chi connectivity index (χ2v) is 12.2. The number of benzene rings is 3. The first-order chi connectivity index (χ1) is 23.4. The minimum atomic E-state index is -1.07. The van der Waals surface area contributed by atoms with Crippen molar-refractivity contribution in [1.82, 2.24) is 30.0 Å². The molecule has 2 fully saturated rings. The average molecular weight is 649 g/mol. The quantitative estimate of drug-likeness (QED) is 0.238. The molecule has 246 valence electrons. The van der Waals surface area contributed by atoms with Crippen LogP contribution in [0.2, 0.25) is 0 Å². The monoisotopic (exact) mass is 648 g/mol. The number of hydrogen-bond acceptors (Lipinski definition) is 8. The number of ether oxygens (including phenoxy) is 1. The van der Waals surface area contributed by atoms with Gasteiger partial charge in [0.25, 0.3) is 5.91 Å². The highest BCUT2D eigenvalue weighted by atomic mass is 19.1. The Balaban J connectivity index is 0.953. The Morgan fingerprint density at radius 2 is 1.67 bits per heavy atom. The molecule has 3 aromatic carbocycles. The molecule has 2 aromatic heterocycles. The summed E-state index contributed by atoms with van der Waals surface area (Å²) < 4.78 is 19.6. The van der Waals surface area contributed by atoms with Crippen molar-refractivity contribution < 1.29 is 18.7 Å². The standard InChI is InChI=1S/C36H37FN8O3/c1-2-48-36(35(47)40-28-10-13-31-30(22-28)33(42-41-31)25-4-8-27(37)9-5-25)14-17-43(24-36)23-32(46)45-20-18-44(19-21-45)29-11-6-26(7-12-29)34-38-15-3-16-39-34/h3-13,15-16,22H,2,14,17-21,23-24H2,1H3,(H,40,47)(H,41,42)/t36-/m0/s1. The molecule has 12 heteroatoms. The van der Waals surface area contributed by atoms with Crippen molar-refractivity contribution in [3.63, 3.8) is 0 Å². The minimum absolute atomic E-state index is 0.0534. The highest BCUT2D eigenvalue weighted by Crippen LogP contribution is 2.31. The number of likely N-dealkylation sites (tertiary alicyclic amines) is 1. The van der Waals surface area contributed by atoms with Gasteiger partial charge in [-0.2, -0.15) is 5.10 Å². The highest BCUT2D eigenvalue weighted by molar-refractivity contribution is 6.01. The molecule has 0 radical (unpaired) electrons. The lowest BCUT2D eigenvalue weighted by atomic mass is 10.0. The van der Waals surface area contributed by atoms with Gasteiger partial charge in [0.15, 0.2) is 11.4 Å². The third kappa shape index (κ3) is 6.49. The topological polar surface area (TPSA) is 120 Å². The van der Waals surface area contributed by atoms with Gasteiger partial charge >= 0.3 is 0 Å². The van der Waals surface area contributed by atoms with E-state index in [4.69, 9.17) is 4.74 Å². The molecule has 0 saturated carbocycles. The SMILES string of the molecule is CCO[C@@]1(C(=O)Nc2ccc3[nH]nc(-c4ccc(F)cc4)c3c2)CCN(CC(=O)N2CCN(c3ccc(-c4ncccn4)cc3)CC2)C1. The van der Waals surface area contributed by atoms with Crippen molar-refractivity contribution in [1.29, 1.82) is 0 Å². The normalized spacial score (nSPS) is 18.4. The first-order valence-corrected chi connectivity index (χ1v) is 16.2. The Bertz CT molecular complexity index is 1890. The molecule has 0 aliphatic carbocycles. The smallest absolute Gasteiger partial charge is 0.258 e. The Morgan fingerprint density at radius 1 is 0.938 bits per heavy atom. The third-order valence-corrected chi connectivity index (χ3v) is 9.13. The number of piperazine rings is 1. The van der Waals surface area contributed by atoms with Gasteiger partial charge in [-0.25, -0.2) is 14.4 Å². The first kappa shape index (κ1) is 31.4. The van der Waals surface area contributed by atoms with Crippen LogP contribution in [0.5, 0.6) is 0 Å². The molecule has 0 spiro atoms. The molecule has 4 heterocycles. The van der Waals surface area contributed by atoms with E-state index in [1.807, 2.05) is 47.1 Å². The van der Waals surface area contributed by atoms with Crippen molar-refractivity contribution in [2.75, 3.05) is 62.6 Å². The van der Waals surface area contributed by atoms with Crippen LogP contribution in [0.25, 0.3) is 33.5 Å². The number of hydrogen-bond donors (Lipinski definition) is 2. The van der Waals surface area contributed by atoms with Gasteiger partial charge in [-0.15, -0.1) is 0 Å². The van der Waals surface area contributed by atoms with Gasteiger partial charge in [0, 0.05) is 86.2 Å². The highest BCUT2D eigenvalue weighted by Gasteiger charge is 2.46. The summed E-state index contributed by atoms with van der Waals surface area (Å²) in [7, 11) is 0. The van der Waals surface area contributed by atoms with E-state index in [1.54, 1.807) is 30.6 Å². The molecule has 2 aliphatic heterocycles. The van der Waals surface area contributed by atoms with Crippen LogP contribution in [0.3, 0.4) is 0 Å². The van der Waals surface area contributed by atoms with Crippen molar-refractivity contribution in [3.05, 3.63) is 91.0 Å². The second-order valence-electron chi connectivity index (χ2n) is 12.2. The lowest BCUT2D eigenvalue weighted by Crippen LogP contribution is -2.52. The van der Waals surface area contributed by atoms with E-state index >= 15 is 0 Å². The van der Waals surface area contributed by atoms with Gasteiger partial charge in [-0.1, -0.05) is 0 Å². The summed E-state index contributed by atoms with van der Waals surface area (Å²) in [4.78, 5) is 42.0. The number of carbonyl (C=O) groups excluding carboxylic acids is 2. The van der Waals surface area contributed by atoms with Crippen LogP contribution in [0.15, 0.2) is 85.2 Å². The average Bonchev–Trinajstić information content (AvgIpc) is 3.74. The Kier molecular flexibility index (Phi) is 8.83. The predicted molar refractivity (Wildman–Crippen MR) is 182 cm³/mol. The molecule has 1 atom stereocenters. The van der Waals surface area contributed by atoms with E-state index in [0.29, 0.717) is 56.4 Å². The number of carbonyl (C=O) groups is 2. The summed E-state index contributed by atoms with van der Waals surface area (Å²) in [5.74, 6) is 0.182. The van der Waals surface area contributed by atoms with Crippen LogP contribution in [-0.4, -0.2) is 99.8 Å². The van der Waals surface area contributed by atoms with Crippen LogP contribution < -0.4 is 10.2 Å². The van der Waals surface area contributed by atoms with Crippen molar-refractivity contribution in [3.8, 4) is 22.6 Å². The number of aromatic nitrogens is 4. The lowest BCUT2D eigenvalue weighted by molar-refractivity contribution is -0.140. The van der Waals surface area contributed by atoms with Crippen molar-refractivity contribution in [2.24, 2.45) is 0 Å². The largest absolute Gasteiger partial charge is 0.368 e. The predicted octanol–water partition coefficient (Wildman–Crippen LogP) is 4.59. The molecule has 2 aliphatic rings. The molecule has 5 aromatic rings. The summed E-state index contributed by atoms with van der Waals surface area (Å²) >= 11 is 0. The first-order valence-electron chi connectivity index (χ1n) is 16.2. The number of aromatic amines is 1. The van der Waals surface area contributed by atoms with E-state index in [9.17, 15) is 14.0 Å². The van der Waals surface area contributed by atoms with E-state index in [0.717, 1.165) is 40.8 Å². The zero-order valence-electron chi connectivity index (χ0n) is 26.7. The van der Waals surface area contributed by atoms with Crippen molar-refractivity contribution in [2.45, 2.75) is 18.9 Å². The fourth-order valence-electron chi connectivity index (χ4n) is 6.58. The van der Waals surface area contributed by atoms with Gasteiger partial charge < -0.3 is 19.9 Å². The van der Waals surface area contributed by atoms with Gasteiger partial charge in [-0.3, -0.25) is 19.6 Å². The molecular weight excluding hydrogens is 611 g/mol. The number of rotatable bonds is 9. The number of nitrogens with one attached hydrogen (secondary N) is 2. The molecule has 0 unspecified atom stereocenters. The number of amides is 2. The Labute approximate surface area is 277 Å². The van der Waals surface area contributed by atoms with Crippen LogP contribution >= 0.6 is 0 Å². The number of H-pyrrole nitrogens is 1. The summed E-state index contributed by atoms with van der Waals surface area (Å²) in [6, 6.07) is 21.7. The van der Waals surface area contributed by atoms with E-state index in [-0.39, 0.29) is 24.2 Å².